The zero-order chi connectivity index (χ0) is 15.7. The number of benzene rings is 2. The van der Waals surface area contributed by atoms with Gasteiger partial charge in [-0.05, 0) is 36.4 Å². The number of hydrogen-bond donors (Lipinski definition) is 1. The van der Waals surface area contributed by atoms with Crippen LogP contribution in [-0.2, 0) is 6.54 Å². The summed E-state index contributed by atoms with van der Waals surface area (Å²) < 4.78 is 1.77. The summed E-state index contributed by atoms with van der Waals surface area (Å²) in [4.78, 5) is 0. The van der Waals surface area contributed by atoms with Crippen LogP contribution in [0.4, 0.5) is 0 Å². The molecule has 3 rings (SSSR count). The molecule has 1 aromatic heterocycles. The molecule has 0 fully saturated rings. The third-order valence-electron chi connectivity index (χ3n) is 3.25. The number of aromatic nitrogens is 2. The van der Waals surface area contributed by atoms with E-state index in [4.69, 9.17) is 40.5 Å². The van der Waals surface area contributed by atoms with Gasteiger partial charge in [0.1, 0.15) is 0 Å². The SMILES string of the molecule is NCc1cc(-c2ccc(Cl)cc2)n(-c2ccc(Cl)cc2Cl)n1. The molecule has 112 valence electrons. The van der Waals surface area contributed by atoms with E-state index in [0.717, 1.165) is 22.6 Å². The molecule has 22 heavy (non-hydrogen) atoms. The van der Waals surface area contributed by atoms with Crippen molar-refractivity contribution in [2.75, 3.05) is 0 Å². The number of halogens is 3. The average molecular weight is 353 g/mol. The normalized spacial score (nSPS) is 10.9. The van der Waals surface area contributed by atoms with Gasteiger partial charge in [0.2, 0.25) is 0 Å². The number of rotatable bonds is 3. The molecule has 6 heteroatoms. The van der Waals surface area contributed by atoms with Crippen molar-refractivity contribution in [1.29, 1.82) is 0 Å². The summed E-state index contributed by atoms with van der Waals surface area (Å²) in [6, 6.07) is 14.8. The Labute approximate surface area is 143 Å². The van der Waals surface area contributed by atoms with Crippen molar-refractivity contribution >= 4 is 34.8 Å². The van der Waals surface area contributed by atoms with Crippen molar-refractivity contribution in [3.63, 3.8) is 0 Å². The van der Waals surface area contributed by atoms with Crippen molar-refractivity contribution in [2.24, 2.45) is 5.73 Å². The standard InChI is InChI=1S/C16H12Cl3N3/c17-11-3-1-10(2-4-11)16-8-13(9-20)21-22(16)15-6-5-12(18)7-14(15)19/h1-8H,9,20H2. The molecule has 0 radical (unpaired) electrons. The molecular weight excluding hydrogens is 341 g/mol. The first-order valence-electron chi connectivity index (χ1n) is 6.59. The van der Waals surface area contributed by atoms with Gasteiger partial charge in [0.25, 0.3) is 0 Å². The van der Waals surface area contributed by atoms with Gasteiger partial charge in [-0.15, -0.1) is 0 Å². The maximum atomic E-state index is 6.30. The molecule has 3 nitrogen and oxygen atoms in total. The fraction of sp³-hybridized carbons (Fsp3) is 0.0625. The number of nitrogens with two attached hydrogens (primary N) is 1. The van der Waals surface area contributed by atoms with Gasteiger partial charge in [0.05, 0.1) is 22.1 Å². The summed E-state index contributed by atoms with van der Waals surface area (Å²) >= 11 is 18.2. The third kappa shape index (κ3) is 2.99. The molecule has 0 aliphatic rings. The Morgan fingerprint density at radius 3 is 2.23 bits per heavy atom. The molecule has 0 atom stereocenters. The summed E-state index contributed by atoms with van der Waals surface area (Å²) in [6.07, 6.45) is 0. The smallest absolute Gasteiger partial charge is 0.0840 e. The van der Waals surface area contributed by atoms with Crippen molar-refractivity contribution in [3.05, 3.63) is 69.3 Å². The van der Waals surface area contributed by atoms with Crippen LogP contribution < -0.4 is 5.73 Å². The lowest BCUT2D eigenvalue weighted by Gasteiger charge is -2.10. The van der Waals surface area contributed by atoms with Gasteiger partial charge < -0.3 is 5.73 Å². The molecule has 0 amide bonds. The van der Waals surface area contributed by atoms with Crippen LogP contribution in [0.5, 0.6) is 0 Å². The maximum Gasteiger partial charge on any atom is 0.0840 e. The lowest BCUT2D eigenvalue weighted by atomic mass is 10.1. The van der Waals surface area contributed by atoms with Crippen LogP contribution in [0.15, 0.2) is 48.5 Å². The lowest BCUT2D eigenvalue weighted by molar-refractivity contribution is 0.839. The van der Waals surface area contributed by atoms with E-state index in [0.29, 0.717) is 21.6 Å². The maximum absolute atomic E-state index is 6.30. The summed E-state index contributed by atoms with van der Waals surface area (Å²) in [6.45, 7) is 0.346. The van der Waals surface area contributed by atoms with Gasteiger partial charge in [-0.1, -0.05) is 46.9 Å². The molecule has 0 saturated carbocycles. The van der Waals surface area contributed by atoms with Crippen LogP contribution in [0.2, 0.25) is 15.1 Å². The molecule has 2 N–H and O–H groups in total. The van der Waals surface area contributed by atoms with Crippen molar-refractivity contribution < 1.29 is 0 Å². The first kappa shape index (κ1) is 15.4. The second kappa shape index (κ2) is 6.31. The van der Waals surface area contributed by atoms with Gasteiger partial charge in [0, 0.05) is 22.2 Å². The van der Waals surface area contributed by atoms with Crippen molar-refractivity contribution in [2.45, 2.75) is 6.54 Å². The van der Waals surface area contributed by atoms with E-state index in [2.05, 4.69) is 5.10 Å². The van der Waals surface area contributed by atoms with Gasteiger partial charge >= 0.3 is 0 Å². The molecule has 0 aliphatic heterocycles. The van der Waals surface area contributed by atoms with Gasteiger partial charge in [-0.3, -0.25) is 0 Å². The molecule has 0 spiro atoms. The Kier molecular flexibility index (Phi) is 4.41. The highest BCUT2D eigenvalue weighted by Crippen LogP contribution is 2.30. The first-order chi connectivity index (χ1) is 10.6. The summed E-state index contributed by atoms with van der Waals surface area (Å²) in [5.74, 6) is 0. The fourth-order valence-electron chi connectivity index (χ4n) is 2.19. The van der Waals surface area contributed by atoms with E-state index < -0.39 is 0 Å². The average Bonchev–Trinajstić information content (AvgIpc) is 2.92. The quantitative estimate of drug-likeness (QED) is 0.724. The zero-order valence-electron chi connectivity index (χ0n) is 11.4. The second-order valence-electron chi connectivity index (χ2n) is 4.74. The molecule has 3 aromatic rings. The lowest BCUT2D eigenvalue weighted by Crippen LogP contribution is -2.02. The van der Waals surface area contributed by atoms with Crippen molar-refractivity contribution in [1.82, 2.24) is 9.78 Å². The Morgan fingerprint density at radius 1 is 0.909 bits per heavy atom. The highest BCUT2D eigenvalue weighted by atomic mass is 35.5. The van der Waals surface area contributed by atoms with Crippen LogP contribution in [0.1, 0.15) is 5.69 Å². The molecular formula is C16H12Cl3N3. The number of nitrogens with zero attached hydrogens (tertiary/aromatic N) is 2. The van der Waals surface area contributed by atoms with Gasteiger partial charge in [-0.2, -0.15) is 5.10 Å². The van der Waals surface area contributed by atoms with Crippen LogP contribution in [0, 0.1) is 0 Å². The van der Waals surface area contributed by atoms with E-state index in [9.17, 15) is 0 Å². The summed E-state index contributed by atoms with van der Waals surface area (Å²) in [7, 11) is 0. The van der Waals surface area contributed by atoms with Crippen LogP contribution >= 0.6 is 34.8 Å². The summed E-state index contributed by atoms with van der Waals surface area (Å²) in [5.41, 5.74) is 9.11. The molecule has 0 bridgehead atoms. The predicted octanol–water partition coefficient (Wildman–Crippen LogP) is 4.96. The Bertz CT molecular complexity index is 810. The molecule has 0 saturated heterocycles. The minimum Gasteiger partial charge on any atom is -0.325 e. The van der Waals surface area contributed by atoms with Crippen LogP contribution in [0.25, 0.3) is 16.9 Å². The monoisotopic (exact) mass is 351 g/mol. The second-order valence-corrected chi connectivity index (χ2v) is 6.02. The Morgan fingerprint density at radius 2 is 1.59 bits per heavy atom. The molecule has 1 heterocycles. The molecule has 0 unspecified atom stereocenters. The Balaban J connectivity index is 2.18. The van der Waals surface area contributed by atoms with Crippen molar-refractivity contribution in [3.8, 4) is 16.9 Å². The molecule has 0 aliphatic carbocycles. The van der Waals surface area contributed by atoms with Gasteiger partial charge in [-0.25, -0.2) is 4.68 Å². The minimum atomic E-state index is 0.346. The van der Waals surface area contributed by atoms with Crippen LogP contribution in [0.3, 0.4) is 0 Å². The zero-order valence-corrected chi connectivity index (χ0v) is 13.7. The number of hydrogen-bond acceptors (Lipinski definition) is 2. The van der Waals surface area contributed by atoms with Gasteiger partial charge in [0.15, 0.2) is 0 Å². The van der Waals surface area contributed by atoms with E-state index in [1.165, 1.54) is 0 Å². The highest BCUT2D eigenvalue weighted by Gasteiger charge is 2.13. The molecule has 2 aromatic carbocycles. The third-order valence-corrected chi connectivity index (χ3v) is 4.04. The van der Waals surface area contributed by atoms with E-state index in [1.807, 2.05) is 36.4 Å². The Hall–Kier alpha value is -1.52. The van der Waals surface area contributed by atoms with E-state index in [-0.39, 0.29) is 0 Å². The predicted molar refractivity (Wildman–Crippen MR) is 91.9 cm³/mol. The minimum absolute atomic E-state index is 0.346. The van der Waals surface area contributed by atoms with E-state index in [1.54, 1.807) is 16.8 Å². The fourth-order valence-corrected chi connectivity index (χ4v) is 2.81. The van der Waals surface area contributed by atoms with E-state index >= 15 is 0 Å². The van der Waals surface area contributed by atoms with Crippen LogP contribution in [-0.4, -0.2) is 9.78 Å². The highest BCUT2D eigenvalue weighted by molar-refractivity contribution is 6.35. The summed E-state index contributed by atoms with van der Waals surface area (Å²) in [5, 5.41) is 6.30. The first-order valence-corrected chi connectivity index (χ1v) is 7.72. The topological polar surface area (TPSA) is 43.8 Å². The largest absolute Gasteiger partial charge is 0.325 e.